The summed E-state index contributed by atoms with van der Waals surface area (Å²) in [6.45, 7) is 1.89. The van der Waals surface area contributed by atoms with Gasteiger partial charge >= 0.3 is 5.97 Å². The molecule has 0 radical (unpaired) electrons. The summed E-state index contributed by atoms with van der Waals surface area (Å²) < 4.78 is 42.2. The maximum Gasteiger partial charge on any atom is 0.344 e. The first-order valence-corrected chi connectivity index (χ1v) is 18.0. The van der Waals surface area contributed by atoms with Crippen molar-refractivity contribution in [1.29, 1.82) is 0 Å². The molecule has 0 unspecified atom stereocenters. The van der Waals surface area contributed by atoms with Crippen LogP contribution in [0.3, 0.4) is 0 Å². The predicted octanol–water partition coefficient (Wildman–Crippen LogP) is 7.24. The van der Waals surface area contributed by atoms with Gasteiger partial charge in [0.25, 0.3) is 5.91 Å². The maximum absolute atomic E-state index is 13.4. The zero-order valence-corrected chi connectivity index (χ0v) is 27.8. The molecule has 242 valence electrons. The van der Waals surface area contributed by atoms with E-state index < -0.39 is 21.7 Å². The fourth-order valence-electron chi connectivity index (χ4n) is 4.87. The van der Waals surface area contributed by atoms with Crippen molar-refractivity contribution in [3.05, 3.63) is 99.0 Å². The molecule has 46 heavy (non-hydrogen) atoms. The predicted molar refractivity (Wildman–Crippen MR) is 178 cm³/mol. The van der Waals surface area contributed by atoms with Crippen LogP contribution in [0.2, 0.25) is 5.02 Å². The number of hydrogen-bond donors (Lipinski definition) is 1. The third kappa shape index (κ3) is 9.08. The Hall–Kier alpha value is -3.93. The highest BCUT2D eigenvalue weighted by Gasteiger charge is 2.22. The molecular weight excluding hydrogens is 648 g/mol. The van der Waals surface area contributed by atoms with Gasteiger partial charge in [0.1, 0.15) is 23.1 Å². The molecule has 1 aromatic heterocycles. The molecule has 1 aliphatic carbocycles. The van der Waals surface area contributed by atoms with Gasteiger partial charge in [-0.15, -0.1) is 11.3 Å². The van der Waals surface area contributed by atoms with E-state index in [9.17, 15) is 18.0 Å². The molecule has 0 aliphatic heterocycles. The van der Waals surface area contributed by atoms with E-state index in [1.54, 1.807) is 72.9 Å². The molecule has 0 saturated heterocycles. The smallest absolute Gasteiger partial charge is 0.344 e. The first kappa shape index (κ1) is 33.4. The number of amides is 1. The Labute approximate surface area is 277 Å². The van der Waals surface area contributed by atoms with Crippen LogP contribution in [-0.4, -0.2) is 44.2 Å². The summed E-state index contributed by atoms with van der Waals surface area (Å²) in [4.78, 5) is 30.2. The average Bonchev–Trinajstić information content (AvgIpc) is 3.47. The van der Waals surface area contributed by atoms with Crippen LogP contribution in [0.25, 0.3) is 0 Å². The largest absolute Gasteiger partial charge is 0.486 e. The van der Waals surface area contributed by atoms with Crippen LogP contribution in [0.1, 0.15) is 65.1 Å². The van der Waals surface area contributed by atoms with E-state index in [2.05, 4.69) is 10.7 Å². The van der Waals surface area contributed by atoms with E-state index in [4.69, 9.17) is 30.8 Å². The normalized spacial score (nSPS) is 13.1. The second kappa shape index (κ2) is 15.6. The summed E-state index contributed by atoms with van der Waals surface area (Å²) in [5, 5.41) is 6.33. The number of hydrogen-bond acceptors (Lipinski definition) is 9. The number of rotatable bonds is 15. The number of ether oxygens (including phenoxy) is 3. The van der Waals surface area contributed by atoms with Gasteiger partial charge in [-0.2, -0.15) is 0 Å². The van der Waals surface area contributed by atoms with E-state index in [1.807, 2.05) is 0 Å². The van der Waals surface area contributed by atoms with Gasteiger partial charge in [0, 0.05) is 21.9 Å². The van der Waals surface area contributed by atoms with Crippen LogP contribution < -0.4 is 14.8 Å². The Morgan fingerprint density at radius 3 is 2.59 bits per heavy atom. The molecule has 0 atom stereocenters. The number of sulfone groups is 1. The second-order valence-corrected chi connectivity index (χ2v) is 14.4. The fourth-order valence-corrected chi connectivity index (χ4v) is 7.10. The van der Waals surface area contributed by atoms with Gasteiger partial charge in [0.2, 0.25) is 0 Å². The number of benzene rings is 3. The quantitative estimate of drug-likeness (QED) is 0.130. The van der Waals surface area contributed by atoms with Gasteiger partial charge in [-0.05, 0) is 92.8 Å². The summed E-state index contributed by atoms with van der Waals surface area (Å²) in [6, 6.07) is 18.1. The summed E-state index contributed by atoms with van der Waals surface area (Å²) in [7, 11) is -3.49. The number of anilines is 1. The minimum absolute atomic E-state index is 0.0624. The zero-order valence-electron chi connectivity index (χ0n) is 25.4. The highest BCUT2D eigenvalue weighted by Crippen LogP contribution is 2.36. The third-order valence-electron chi connectivity index (χ3n) is 7.55. The molecule has 1 aliphatic rings. The molecule has 4 aromatic rings. The minimum atomic E-state index is -3.49. The molecule has 1 fully saturated rings. The van der Waals surface area contributed by atoms with Crippen LogP contribution in [0.5, 0.6) is 11.5 Å². The Balaban J connectivity index is 1.25. The van der Waals surface area contributed by atoms with Gasteiger partial charge in [-0.25, -0.2) is 18.2 Å². The molecule has 1 heterocycles. The monoisotopic (exact) mass is 682 g/mol. The number of aryl methyl sites for hydroxylation is 1. The topological polar surface area (TPSA) is 121 Å². The third-order valence-corrected chi connectivity index (χ3v) is 10.5. The molecule has 12 heteroatoms. The van der Waals surface area contributed by atoms with Crippen molar-refractivity contribution in [3.63, 3.8) is 0 Å². The van der Waals surface area contributed by atoms with Crippen molar-refractivity contribution in [2.75, 3.05) is 24.3 Å². The Kier molecular flexibility index (Phi) is 11.3. The zero-order chi connectivity index (χ0) is 32.5. The average molecular weight is 683 g/mol. The molecule has 0 bridgehead atoms. The number of nitrogens with one attached hydrogen (secondary N) is 1. The van der Waals surface area contributed by atoms with Crippen LogP contribution in [0.4, 0.5) is 5.69 Å². The lowest BCUT2D eigenvalue weighted by molar-refractivity contribution is -0.145. The summed E-state index contributed by atoms with van der Waals surface area (Å²) in [6.07, 6.45) is 4.40. The lowest BCUT2D eigenvalue weighted by Gasteiger charge is -2.22. The first-order valence-electron chi connectivity index (χ1n) is 15.1. The Morgan fingerprint density at radius 2 is 1.85 bits per heavy atom. The minimum Gasteiger partial charge on any atom is -0.486 e. The van der Waals surface area contributed by atoms with E-state index in [1.165, 1.54) is 31.4 Å². The number of nitrogens with zero attached hydrogens (tertiary/aromatic N) is 1. The first-order chi connectivity index (χ1) is 22.2. The van der Waals surface area contributed by atoms with E-state index >= 15 is 0 Å². The number of halogens is 1. The molecule has 1 amide bonds. The van der Waals surface area contributed by atoms with Gasteiger partial charge < -0.3 is 19.5 Å². The van der Waals surface area contributed by atoms with E-state index in [0.29, 0.717) is 47.4 Å². The van der Waals surface area contributed by atoms with Crippen molar-refractivity contribution in [2.45, 2.75) is 56.4 Å². The highest BCUT2D eigenvalue weighted by molar-refractivity contribution is 7.91. The maximum atomic E-state index is 13.4. The fraction of sp³-hybridized carbons (Fsp3) is 0.324. The molecule has 9 nitrogen and oxygen atoms in total. The molecular formula is C34H35ClN2O7S2. The lowest BCUT2D eigenvalue weighted by Crippen LogP contribution is -2.17. The van der Waals surface area contributed by atoms with Crippen molar-refractivity contribution in [2.24, 2.45) is 0 Å². The summed E-state index contributed by atoms with van der Waals surface area (Å²) in [5.41, 5.74) is 2.62. The van der Waals surface area contributed by atoms with Crippen molar-refractivity contribution in [1.82, 2.24) is 4.98 Å². The SMILES string of the molecule is CCOC(=O)COc1ccc(CCCS(=O)(=O)c2ccc(Cl)cc2)cc1NC(=O)c1cccc(OCc2nc(C3CCC3)cs2)c1. The standard InChI is InChI=1S/C34H35ClN2O7S2/c1-2-42-33(38)21-44-31-16-11-23(6-5-17-46(40,41)28-14-12-26(35)13-15-28)18-29(31)37-34(39)25-9-4-10-27(19-25)43-20-32-36-30(22-45-32)24-7-3-8-24/h4,9-16,18-19,22,24H,2-3,5-8,17,20-21H2,1H3,(H,37,39). The van der Waals surface area contributed by atoms with Crippen LogP contribution in [0.15, 0.2) is 77.0 Å². The molecule has 3 aromatic carbocycles. The van der Waals surface area contributed by atoms with Crippen LogP contribution in [-0.2, 0) is 32.4 Å². The lowest BCUT2D eigenvalue weighted by atomic mass is 9.83. The van der Waals surface area contributed by atoms with Crippen molar-refractivity contribution >= 4 is 50.3 Å². The second-order valence-electron chi connectivity index (χ2n) is 10.9. The number of aromatic nitrogens is 1. The van der Waals surface area contributed by atoms with Crippen molar-refractivity contribution < 1.29 is 32.2 Å². The molecule has 1 N–H and O–H groups in total. The van der Waals surface area contributed by atoms with Gasteiger partial charge in [-0.1, -0.05) is 30.2 Å². The highest BCUT2D eigenvalue weighted by atomic mass is 35.5. The van der Waals surface area contributed by atoms with Crippen LogP contribution in [0, 0.1) is 0 Å². The molecule has 0 spiro atoms. The van der Waals surface area contributed by atoms with Gasteiger partial charge in [0.15, 0.2) is 16.4 Å². The number of esters is 1. The number of thiazole rings is 1. The Morgan fingerprint density at radius 1 is 1.04 bits per heavy atom. The van der Waals surface area contributed by atoms with E-state index in [-0.39, 0.29) is 29.6 Å². The van der Waals surface area contributed by atoms with E-state index in [0.717, 1.165) is 16.3 Å². The summed E-state index contributed by atoms with van der Waals surface area (Å²) >= 11 is 7.47. The number of carbonyl (C=O) groups is 2. The van der Waals surface area contributed by atoms with Crippen molar-refractivity contribution in [3.8, 4) is 11.5 Å². The van der Waals surface area contributed by atoms with Gasteiger partial charge in [0.05, 0.1) is 28.6 Å². The van der Waals surface area contributed by atoms with Crippen LogP contribution >= 0.6 is 22.9 Å². The summed E-state index contributed by atoms with van der Waals surface area (Å²) in [5.74, 6) is 0.355. The Bertz CT molecular complexity index is 1770. The van der Waals surface area contributed by atoms with Gasteiger partial charge in [-0.3, -0.25) is 4.79 Å². The molecule has 1 saturated carbocycles. The number of carbonyl (C=O) groups excluding carboxylic acids is 2. The molecule has 5 rings (SSSR count).